The van der Waals surface area contributed by atoms with Gasteiger partial charge in [0.1, 0.15) is 18.7 Å². The molecule has 3 aromatic rings. The minimum absolute atomic E-state index is 0.315. The van der Waals surface area contributed by atoms with E-state index in [1.54, 1.807) is 36.7 Å². The van der Waals surface area contributed by atoms with Gasteiger partial charge in [-0.2, -0.15) is 0 Å². The summed E-state index contributed by atoms with van der Waals surface area (Å²) in [7, 11) is 0. The SMILES string of the molecule is Fc1ccccc1C1=NCc2nncn2-c2ccc(Cl)cc21. The summed E-state index contributed by atoms with van der Waals surface area (Å²) >= 11 is 6.13. The van der Waals surface area contributed by atoms with Crippen LogP contribution in [-0.2, 0) is 6.54 Å². The summed E-state index contributed by atoms with van der Waals surface area (Å²) in [5.41, 5.74) is 2.62. The first-order chi connectivity index (χ1) is 10.7. The van der Waals surface area contributed by atoms with E-state index in [1.165, 1.54) is 6.07 Å². The topological polar surface area (TPSA) is 43.1 Å². The summed E-state index contributed by atoms with van der Waals surface area (Å²) in [6, 6.07) is 12.0. The highest BCUT2D eigenvalue weighted by Crippen LogP contribution is 2.27. The molecule has 108 valence electrons. The van der Waals surface area contributed by atoms with Gasteiger partial charge in [0.15, 0.2) is 5.82 Å². The Morgan fingerprint density at radius 2 is 1.95 bits per heavy atom. The molecule has 22 heavy (non-hydrogen) atoms. The second-order valence-electron chi connectivity index (χ2n) is 4.92. The van der Waals surface area contributed by atoms with Gasteiger partial charge in [-0.05, 0) is 30.3 Å². The lowest BCUT2D eigenvalue weighted by Gasteiger charge is -2.12. The molecule has 0 bridgehead atoms. The lowest BCUT2D eigenvalue weighted by molar-refractivity contribution is 0.625. The number of hydrogen-bond acceptors (Lipinski definition) is 3. The second kappa shape index (κ2) is 5.03. The molecule has 4 rings (SSSR count). The van der Waals surface area contributed by atoms with E-state index in [1.807, 2.05) is 10.6 Å². The summed E-state index contributed by atoms with van der Waals surface area (Å²) in [5.74, 6) is 0.389. The van der Waals surface area contributed by atoms with Crippen molar-refractivity contribution in [2.75, 3.05) is 0 Å². The molecule has 2 heterocycles. The molecule has 0 spiro atoms. The Bertz CT molecular complexity index is 901. The molecule has 0 amide bonds. The van der Waals surface area contributed by atoms with Gasteiger partial charge >= 0.3 is 0 Å². The monoisotopic (exact) mass is 312 g/mol. The number of hydrogen-bond donors (Lipinski definition) is 0. The molecule has 1 aliphatic rings. The highest BCUT2D eigenvalue weighted by molar-refractivity contribution is 6.31. The predicted octanol–water partition coefficient (Wildman–Crippen LogP) is 3.41. The van der Waals surface area contributed by atoms with E-state index >= 15 is 0 Å². The predicted molar refractivity (Wildman–Crippen MR) is 82.1 cm³/mol. The van der Waals surface area contributed by atoms with Gasteiger partial charge in [-0.25, -0.2) is 4.39 Å². The molecular formula is C16H10ClFN4. The van der Waals surface area contributed by atoms with Crippen molar-refractivity contribution in [2.24, 2.45) is 4.99 Å². The van der Waals surface area contributed by atoms with Crippen LogP contribution in [0.15, 0.2) is 53.8 Å². The molecular weight excluding hydrogens is 303 g/mol. The number of benzene rings is 2. The Labute approximate surface area is 130 Å². The van der Waals surface area contributed by atoms with Gasteiger partial charge in [0, 0.05) is 16.1 Å². The lowest BCUT2D eigenvalue weighted by Crippen LogP contribution is -2.08. The van der Waals surface area contributed by atoms with E-state index in [0.717, 1.165) is 11.3 Å². The van der Waals surface area contributed by atoms with Gasteiger partial charge in [0.2, 0.25) is 0 Å². The number of aromatic nitrogens is 3. The van der Waals surface area contributed by atoms with E-state index in [-0.39, 0.29) is 5.82 Å². The van der Waals surface area contributed by atoms with Crippen LogP contribution in [0.3, 0.4) is 0 Å². The Hall–Kier alpha value is -2.53. The van der Waals surface area contributed by atoms with Crippen LogP contribution in [0.2, 0.25) is 5.02 Å². The summed E-state index contributed by atoms with van der Waals surface area (Å²) in [6.45, 7) is 0.329. The molecule has 0 saturated heterocycles. The quantitative estimate of drug-likeness (QED) is 0.691. The second-order valence-corrected chi connectivity index (χ2v) is 5.36. The molecule has 0 unspecified atom stereocenters. The third kappa shape index (κ3) is 2.02. The maximum atomic E-state index is 14.2. The standard InChI is InChI=1S/C16H10ClFN4/c17-10-5-6-14-12(7-10)16(11-3-1-2-4-13(11)18)19-8-15-21-20-9-22(14)15/h1-7,9H,8H2. The molecule has 0 radical (unpaired) electrons. The summed E-state index contributed by atoms with van der Waals surface area (Å²) < 4.78 is 16.1. The van der Waals surface area contributed by atoms with Crippen molar-refractivity contribution in [1.29, 1.82) is 0 Å². The molecule has 1 aromatic heterocycles. The molecule has 6 heteroatoms. The number of aliphatic imine (C=N–C) groups is 1. The molecule has 2 aromatic carbocycles. The largest absolute Gasteiger partial charge is 0.283 e. The maximum absolute atomic E-state index is 14.2. The summed E-state index contributed by atoms with van der Waals surface area (Å²) in [4.78, 5) is 4.54. The maximum Gasteiger partial charge on any atom is 0.159 e. The van der Waals surface area contributed by atoms with Gasteiger partial charge < -0.3 is 0 Å². The average molecular weight is 313 g/mol. The third-order valence-electron chi connectivity index (χ3n) is 3.60. The molecule has 0 saturated carbocycles. The molecule has 0 fully saturated rings. The fraction of sp³-hybridized carbons (Fsp3) is 0.0625. The molecule has 0 N–H and O–H groups in total. The summed E-state index contributed by atoms with van der Waals surface area (Å²) in [5, 5.41) is 8.56. The normalized spacial score (nSPS) is 13.1. The highest BCUT2D eigenvalue weighted by Gasteiger charge is 2.21. The van der Waals surface area contributed by atoms with Crippen molar-refractivity contribution in [3.8, 4) is 5.69 Å². The van der Waals surface area contributed by atoms with Crippen LogP contribution in [0.25, 0.3) is 5.69 Å². The number of rotatable bonds is 1. The van der Waals surface area contributed by atoms with Crippen LogP contribution in [0.1, 0.15) is 17.0 Å². The van der Waals surface area contributed by atoms with Gasteiger partial charge in [-0.1, -0.05) is 23.7 Å². The number of halogens is 2. The number of nitrogens with zero attached hydrogens (tertiary/aromatic N) is 4. The zero-order chi connectivity index (χ0) is 15.1. The minimum Gasteiger partial charge on any atom is -0.283 e. The van der Waals surface area contributed by atoms with Gasteiger partial charge in [0.25, 0.3) is 0 Å². The van der Waals surface area contributed by atoms with E-state index in [4.69, 9.17) is 11.6 Å². The van der Waals surface area contributed by atoms with Crippen molar-refractivity contribution in [3.05, 3.63) is 76.6 Å². The Balaban J connectivity index is 2.01. The Morgan fingerprint density at radius 3 is 2.82 bits per heavy atom. The van der Waals surface area contributed by atoms with E-state index in [0.29, 0.717) is 28.7 Å². The van der Waals surface area contributed by atoms with Crippen molar-refractivity contribution in [2.45, 2.75) is 6.54 Å². The lowest BCUT2D eigenvalue weighted by atomic mass is 10.00. The van der Waals surface area contributed by atoms with Gasteiger partial charge in [0.05, 0.1) is 11.4 Å². The summed E-state index contributed by atoms with van der Waals surface area (Å²) in [6.07, 6.45) is 1.63. The first-order valence-electron chi connectivity index (χ1n) is 6.72. The Kier molecular flexibility index (Phi) is 3.01. The van der Waals surface area contributed by atoms with Gasteiger partial charge in [-0.3, -0.25) is 9.56 Å². The first kappa shape index (κ1) is 13.2. The van der Waals surface area contributed by atoms with Crippen LogP contribution >= 0.6 is 11.6 Å². The number of fused-ring (bicyclic) bond motifs is 3. The molecule has 0 aliphatic carbocycles. The molecule has 1 aliphatic heterocycles. The van der Waals surface area contributed by atoms with Crippen LogP contribution < -0.4 is 0 Å². The highest BCUT2D eigenvalue weighted by atomic mass is 35.5. The van der Waals surface area contributed by atoms with Crippen LogP contribution in [0.5, 0.6) is 0 Å². The van der Waals surface area contributed by atoms with Crippen molar-refractivity contribution < 1.29 is 4.39 Å². The van der Waals surface area contributed by atoms with E-state index in [9.17, 15) is 4.39 Å². The zero-order valence-corrected chi connectivity index (χ0v) is 12.1. The minimum atomic E-state index is -0.315. The van der Waals surface area contributed by atoms with E-state index in [2.05, 4.69) is 15.2 Å². The fourth-order valence-electron chi connectivity index (χ4n) is 2.59. The van der Waals surface area contributed by atoms with Crippen molar-refractivity contribution in [1.82, 2.24) is 14.8 Å². The van der Waals surface area contributed by atoms with Crippen molar-refractivity contribution in [3.63, 3.8) is 0 Å². The van der Waals surface area contributed by atoms with Gasteiger partial charge in [-0.15, -0.1) is 10.2 Å². The van der Waals surface area contributed by atoms with E-state index < -0.39 is 0 Å². The molecule has 0 atom stereocenters. The fourth-order valence-corrected chi connectivity index (χ4v) is 2.77. The van der Waals surface area contributed by atoms with Crippen molar-refractivity contribution >= 4 is 17.3 Å². The first-order valence-corrected chi connectivity index (χ1v) is 7.10. The van der Waals surface area contributed by atoms with Crippen LogP contribution in [-0.4, -0.2) is 20.5 Å². The molecule has 4 nitrogen and oxygen atoms in total. The third-order valence-corrected chi connectivity index (χ3v) is 3.83. The van der Waals surface area contributed by atoms with Crippen LogP contribution in [0, 0.1) is 5.82 Å². The Morgan fingerprint density at radius 1 is 1.09 bits per heavy atom. The smallest absolute Gasteiger partial charge is 0.159 e. The zero-order valence-electron chi connectivity index (χ0n) is 11.4. The van der Waals surface area contributed by atoms with Crippen LogP contribution in [0.4, 0.5) is 4.39 Å². The average Bonchev–Trinajstić information content (AvgIpc) is 2.92.